The average Bonchev–Trinajstić information content (AvgIpc) is 2.68. The second-order valence-corrected chi connectivity index (χ2v) is 8.74. The van der Waals surface area contributed by atoms with Gasteiger partial charge in [-0.2, -0.15) is 0 Å². The number of ether oxygens (including phenoxy) is 1. The molecule has 0 aliphatic carbocycles. The number of alkyl halides is 1. The number of hydrogen-bond acceptors (Lipinski definition) is 3. The Labute approximate surface area is 117 Å². The summed E-state index contributed by atoms with van der Waals surface area (Å²) in [5.41, 5.74) is 1.32. The number of halogens is 1. The summed E-state index contributed by atoms with van der Waals surface area (Å²) < 4.78 is 5.86. The molecule has 3 heterocycles. The van der Waals surface area contributed by atoms with Crippen molar-refractivity contribution < 1.29 is 4.74 Å². The molecule has 3 rings (SSSR count). The van der Waals surface area contributed by atoms with Crippen LogP contribution in [0.25, 0.3) is 9.75 Å². The topological polar surface area (TPSA) is 9.23 Å². The zero-order valence-corrected chi connectivity index (χ0v) is 13.0. The number of rotatable bonds is 0. The van der Waals surface area contributed by atoms with Crippen molar-refractivity contribution in [1.82, 2.24) is 0 Å². The Morgan fingerprint density at radius 2 is 1.75 bits per heavy atom. The van der Waals surface area contributed by atoms with E-state index >= 15 is 0 Å². The standard InChI is InChI=1S/C12H11IOS2/c1-6-4-8-10(15-6)11-9(5-7(2)16-11)14-12(8,3)13/h4-5H,1-3H3/t12-/m1/s1. The van der Waals surface area contributed by atoms with Crippen molar-refractivity contribution in [2.45, 2.75) is 24.4 Å². The molecule has 0 N–H and O–H groups in total. The fraction of sp³-hybridized carbons (Fsp3) is 0.333. The molecule has 1 aliphatic heterocycles. The lowest BCUT2D eigenvalue weighted by molar-refractivity contribution is 0.205. The summed E-state index contributed by atoms with van der Waals surface area (Å²) in [7, 11) is 0. The first-order valence-corrected chi connectivity index (χ1v) is 7.78. The lowest BCUT2D eigenvalue weighted by atomic mass is 10.1. The van der Waals surface area contributed by atoms with Crippen LogP contribution in [0.3, 0.4) is 0 Å². The van der Waals surface area contributed by atoms with Gasteiger partial charge >= 0.3 is 0 Å². The summed E-state index contributed by atoms with van der Waals surface area (Å²) in [4.78, 5) is 5.37. The number of aryl methyl sites for hydroxylation is 2. The highest BCUT2D eigenvalue weighted by molar-refractivity contribution is 14.1. The molecule has 0 bridgehead atoms. The van der Waals surface area contributed by atoms with E-state index in [1.165, 1.54) is 25.1 Å². The van der Waals surface area contributed by atoms with E-state index in [2.05, 4.69) is 55.5 Å². The lowest BCUT2D eigenvalue weighted by Gasteiger charge is -2.29. The van der Waals surface area contributed by atoms with Crippen molar-refractivity contribution in [3.8, 4) is 15.5 Å². The summed E-state index contributed by atoms with van der Waals surface area (Å²) in [6, 6.07) is 4.40. The minimum atomic E-state index is -0.224. The van der Waals surface area contributed by atoms with Gasteiger partial charge in [0.15, 0.2) is 3.61 Å². The fourth-order valence-corrected chi connectivity index (χ4v) is 5.04. The molecule has 16 heavy (non-hydrogen) atoms. The summed E-state index contributed by atoms with van der Waals surface area (Å²) in [6.07, 6.45) is 0. The van der Waals surface area contributed by atoms with Crippen molar-refractivity contribution in [1.29, 1.82) is 0 Å². The quantitative estimate of drug-likeness (QED) is 0.468. The van der Waals surface area contributed by atoms with Gasteiger partial charge in [-0.05, 0) is 55.5 Å². The molecule has 84 valence electrons. The van der Waals surface area contributed by atoms with Gasteiger partial charge in [-0.25, -0.2) is 0 Å². The Morgan fingerprint density at radius 1 is 1.12 bits per heavy atom. The maximum absolute atomic E-state index is 6.08. The molecule has 0 unspecified atom stereocenters. The van der Waals surface area contributed by atoms with Gasteiger partial charge in [-0.15, -0.1) is 22.7 Å². The van der Waals surface area contributed by atoms with Gasteiger partial charge in [0.05, 0.1) is 9.75 Å². The highest BCUT2D eigenvalue weighted by Crippen LogP contribution is 2.54. The molecule has 0 saturated heterocycles. The first kappa shape index (κ1) is 11.0. The van der Waals surface area contributed by atoms with Gasteiger partial charge in [0.2, 0.25) is 0 Å². The van der Waals surface area contributed by atoms with Gasteiger partial charge in [0.1, 0.15) is 5.75 Å². The molecule has 0 amide bonds. The number of thiophene rings is 2. The van der Waals surface area contributed by atoms with E-state index in [4.69, 9.17) is 4.74 Å². The molecule has 1 nitrogen and oxygen atoms in total. The molecule has 4 heteroatoms. The Bertz CT molecular complexity index is 566. The fourth-order valence-electron chi connectivity index (χ4n) is 2.00. The van der Waals surface area contributed by atoms with Crippen LogP contribution in [-0.4, -0.2) is 0 Å². The summed E-state index contributed by atoms with van der Waals surface area (Å²) >= 11 is 6.09. The predicted molar refractivity (Wildman–Crippen MR) is 79.1 cm³/mol. The summed E-state index contributed by atoms with van der Waals surface area (Å²) in [5, 5.41) is 0. The van der Waals surface area contributed by atoms with Crippen LogP contribution in [0, 0.1) is 13.8 Å². The van der Waals surface area contributed by atoms with Gasteiger partial charge in [-0.3, -0.25) is 0 Å². The SMILES string of the molecule is Cc1cc2c(s1)-c1sc(C)cc1[C@](C)(I)O2. The van der Waals surface area contributed by atoms with Crippen molar-refractivity contribution in [2.24, 2.45) is 0 Å². The molecule has 1 atom stereocenters. The smallest absolute Gasteiger partial charge is 0.183 e. The monoisotopic (exact) mass is 362 g/mol. The van der Waals surface area contributed by atoms with E-state index < -0.39 is 0 Å². The second kappa shape index (κ2) is 3.46. The third kappa shape index (κ3) is 1.54. The van der Waals surface area contributed by atoms with Crippen LogP contribution in [0.1, 0.15) is 22.2 Å². The molecule has 0 saturated carbocycles. The summed E-state index contributed by atoms with van der Waals surface area (Å²) in [5.74, 6) is 1.05. The molecular weight excluding hydrogens is 351 g/mol. The highest BCUT2D eigenvalue weighted by Gasteiger charge is 2.36. The lowest BCUT2D eigenvalue weighted by Crippen LogP contribution is -2.23. The molecule has 0 spiro atoms. The van der Waals surface area contributed by atoms with E-state index in [1.54, 1.807) is 0 Å². The van der Waals surface area contributed by atoms with Crippen molar-refractivity contribution >= 4 is 45.3 Å². The Kier molecular flexibility index (Phi) is 2.39. The van der Waals surface area contributed by atoms with Gasteiger partial charge in [0, 0.05) is 15.3 Å². The van der Waals surface area contributed by atoms with Crippen molar-refractivity contribution in [2.75, 3.05) is 0 Å². The molecule has 0 radical (unpaired) electrons. The predicted octanol–water partition coefficient (Wildman–Crippen LogP) is 5.09. The Morgan fingerprint density at radius 3 is 2.50 bits per heavy atom. The van der Waals surface area contributed by atoms with E-state index in [-0.39, 0.29) is 3.61 Å². The first-order chi connectivity index (χ1) is 7.47. The van der Waals surface area contributed by atoms with Crippen LogP contribution >= 0.6 is 45.3 Å². The van der Waals surface area contributed by atoms with Crippen LogP contribution in [0.15, 0.2) is 12.1 Å². The zero-order valence-electron chi connectivity index (χ0n) is 9.26. The van der Waals surface area contributed by atoms with E-state index in [1.807, 2.05) is 22.7 Å². The first-order valence-electron chi connectivity index (χ1n) is 5.07. The molecule has 2 aromatic heterocycles. The highest BCUT2D eigenvalue weighted by atomic mass is 127. The van der Waals surface area contributed by atoms with Crippen LogP contribution in [0.4, 0.5) is 0 Å². The van der Waals surface area contributed by atoms with Crippen molar-refractivity contribution in [3.63, 3.8) is 0 Å². The molecule has 1 aliphatic rings. The number of fused-ring (bicyclic) bond motifs is 3. The van der Waals surface area contributed by atoms with Crippen LogP contribution in [0.2, 0.25) is 0 Å². The molecule has 2 aromatic rings. The molecule has 0 aromatic carbocycles. The summed E-state index contributed by atoms with van der Waals surface area (Å²) in [6.45, 7) is 6.43. The van der Waals surface area contributed by atoms with Gasteiger partial charge in [0.25, 0.3) is 0 Å². The largest absolute Gasteiger partial charge is 0.471 e. The zero-order chi connectivity index (χ0) is 11.5. The van der Waals surface area contributed by atoms with Crippen LogP contribution in [-0.2, 0) is 3.61 Å². The Balaban J connectivity index is 2.32. The van der Waals surface area contributed by atoms with E-state index in [0.717, 1.165) is 5.75 Å². The normalized spacial score (nSPS) is 22.5. The minimum Gasteiger partial charge on any atom is -0.471 e. The number of hydrogen-bond donors (Lipinski definition) is 0. The third-order valence-corrected chi connectivity index (χ3v) is 5.71. The van der Waals surface area contributed by atoms with E-state index in [9.17, 15) is 0 Å². The Hall–Kier alpha value is -0.0700. The van der Waals surface area contributed by atoms with Crippen LogP contribution < -0.4 is 4.74 Å². The van der Waals surface area contributed by atoms with Gasteiger partial charge in [-0.1, -0.05) is 0 Å². The second-order valence-electron chi connectivity index (χ2n) is 4.17. The maximum Gasteiger partial charge on any atom is 0.183 e. The van der Waals surface area contributed by atoms with Crippen LogP contribution in [0.5, 0.6) is 5.75 Å². The minimum absolute atomic E-state index is 0.224. The molecule has 0 fully saturated rings. The molecular formula is C12H11IOS2. The van der Waals surface area contributed by atoms with E-state index in [0.29, 0.717) is 0 Å². The van der Waals surface area contributed by atoms with Crippen molar-refractivity contribution in [3.05, 3.63) is 27.5 Å². The van der Waals surface area contributed by atoms with Gasteiger partial charge < -0.3 is 4.74 Å². The maximum atomic E-state index is 6.08. The third-order valence-electron chi connectivity index (χ3n) is 2.67. The average molecular weight is 362 g/mol.